The lowest BCUT2D eigenvalue weighted by atomic mass is 10.1. The Balaban J connectivity index is 1.65. The van der Waals surface area contributed by atoms with Crippen molar-refractivity contribution in [1.29, 1.82) is 0 Å². The Hall–Kier alpha value is -1.18. The van der Waals surface area contributed by atoms with Crippen molar-refractivity contribution >= 4 is 17.3 Å². The van der Waals surface area contributed by atoms with Gasteiger partial charge in [0.05, 0.1) is 24.9 Å². The number of aliphatic imine (C=N–C) groups is 1. The van der Waals surface area contributed by atoms with Crippen LogP contribution >= 0.6 is 11.3 Å². The van der Waals surface area contributed by atoms with E-state index < -0.39 is 0 Å². The smallest absolute Gasteiger partial charge is 0.194 e. The van der Waals surface area contributed by atoms with Crippen LogP contribution < -0.4 is 5.32 Å². The highest BCUT2D eigenvalue weighted by Crippen LogP contribution is 2.21. The van der Waals surface area contributed by atoms with Gasteiger partial charge in [-0.3, -0.25) is 0 Å². The Morgan fingerprint density at radius 2 is 2.17 bits per heavy atom. The molecule has 0 spiro atoms. The fraction of sp³-hybridized carbons (Fsp3) is 0.765. The Kier molecular flexibility index (Phi) is 6.08. The topological polar surface area (TPSA) is 59.0 Å². The molecule has 2 aliphatic heterocycles. The maximum absolute atomic E-state index is 5.94. The predicted octanol–water partition coefficient (Wildman–Crippen LogP) is 2.11. The highest BCUT2D eigenvalue weighted by Gasteiger charge is 2.32. The first-order valence-corrected chi connectivity index (χ1v) is 9.68. The molecule has 7 heteroatoms. The van der Waals surface area contributed by atoms with Crippen molar-refractivity contribution in [2.75, 3.05) is 32.8 Å². The van der Waals surface area contributed by atoms with Gasteiger partial charge in [-0.1, -0.05) is 0 Å². The number of thiazole rings is 1. The molecule has 0 radical (unpaired) electrons. The van der Waals surface area contributed by atoms with Crippen molar-refractivity contribution in [3.63, 3.8) is 0 Å². The van der Waals surface area contributed by atoms with Crippen LogP contribution in [0.4, 0.5) is 0 Å². The molecule has 2 unspecified atom stereocenters. The van der Waals surface area contributed by atoms with Crippen molar-refractivity contribution in [3.8, 4) is 0 Å². The lowest BCUT2D eigenvalue weighted by molar-refractivity contribution is -0.0817. The minimum Gasteiger partial charge on any atom is -0.375 e. The van der Waals surface area contributed by atoms with Gasteiger partial charge in [0.1, 0.15) is 11.1 Å². The third-order valence-electron chi connectivity index (χ3n) is 4.54. The van der Waals surface area contributed by atoms with Crippen molar-refractivity contribution < 1.29 is 9.47 Å². The molecule has 0 aromatic carbocycles. The number of ether oxygens (including phenoxy) is 2. The van der Waals surface area contributed by atoms with E-state index >= 15 is 0 Å². The molecule has 24 heavy (non-hydrogen) atoms. The molecule has 0 saturated carbocycles. The molecule has 2 fully saturated rings. The van der Waals surface area contributed by atoms with E-state index in [4.69, 9.17) is 14.5 Å². The SMILES string of the molecule is CCNC(=NCc1nc(C)c(C)s1)N1CCOC(C2CCCO2)C1. The van der Waals surface area contributed by atoms with Crippen LogP contribution in [-0.2, 0) is 16.0 Å². The second-order valence-electron chi connectivity index (χ2n) is 6.33. The monoisotopic (exact) mass is 352 g/mol. The predicted molar refractivity (Wildman–Crippen MR) is 96.7 cm³/mol. The maximum atomic E-state index is 5.94. The molecule has 0 bridgehead atoms. The Morgan fingerprint density at radius 3 is 2.83 bits per heavy atom. The highest BCUT2D eigenvalue weighted by molar-refractivity contribution is 7.11. The summed E-state index contributed by atoms with van der Waals surface area (Å²) in [5.41, 5.74) is 1.11. The molecular weight excluding hydrogens is 324 g/mol. The quantitative estimate of drug-likeness (QED) is 0.664. The molecule has 3 heterocycles. The molecule has 0 aliphatic carbocycles. The second kappa shape index (κ2) is 8.27. The molecular formula is C17H28N4O2S. The average Bonchev–Trinajstić information content (AvgIpc) is 3.22. The van der Waals surface area contributed by atoms with Gasteiger partial charge in [-0.15, -0.1) is 11.3 Å². The third kappa shape index (κ3) is 4.26. The van der Waals surface area contributed by atoms with Gasteiger partial charge in [0.25, 0.3) is 0 Å². The van der Waals surface area contributed by atoms with E-state index in [9.17, 15) is 0 Å². The van der Waals surface area contributed by atoms with Crippen LogP contribution in [0.5, 0.6) is 0 Å². The largest absolute Gasteiger partial charge is 0.375 e. The zero-order valence-corrected chi connectivity index (χ0v) is 15.7. The molecule has 0 amide bonds. The third-order valence-corrected chi connectivity index (χ3v) is 5.60. The second-order valence-corrected chi connectivity index (χ2v) is 7.61. The van der Waals surface area contributed by atoms with E-state index in [-0.39, 0.29) is 12.2 Å². The van der Waals surface area contributed by atoms with Crippen LogP contribution in [0.25, 0.3) is 0 Å². The first kappa shape index (κ1) is 17.6. The standard InChI is InChI=1S/C17H28N4O2S/c1-4-18-17(19-10-16-20-12(2)13(3)24-16)21-7-9-23-15(11-21)14-6-5-8-22-14/h14-15H,4-11H2,1-3H3,(H,18,19). The molecule has 1 aromatic rings. The Labute approximate surface area is 148 Å². The minimum absolute atomic E-state index is 0.148. The van der Waals surface area contributed by atoms with Crippen LogP contribution in [0.1, 0.15) is 35.3 Å². The lowest BCUT2D eigenvalue weighted by Gasteiger charge is -2.37. The summed E-state index contributed by atoms with van der Waals surface area (Å²) in [7, 11) is 0. The Morgan fingerprint density at radius 1 is 1.33 bits per heavy atom. The summed E-state index contributed by atoms with van der Waals surface area (Å²) in [6.07, 6.45) is 2.63. The van der Waals surface area contributed by atoms with Gasteiger partial charge < -0.3 is 19.7 Å². The average molecular weight is 353 g/mol. The van der Waals surface area contributed by atoms with Crippen molar-refractivity contribution in [2.24, 2.45) is 4.99 Å². The number of aryl methyl sites for hydroxylation is 2. The number of rotatable bonds is 4. The van der Waals surface area contributed by atoms with Crippen LogP contribution in [-0.4, -0.2) is 60.9 Å². The summed E-state index contributed by atoms with van der Waals surface area (Å²) in [5, 5.41) is 4.48. The molecule has 2 atom stereocenters. The van der Waals surface area contributed by atoms with Crippen LogP contribution in [0.3, 0.4) is 0 Å². The van der Waals surface area contributed by atoms with Gasteiger partial charge >= 0.3 is 0 Å². The summed E-state index contributed by atoms with van der Waals surface area (Å²) in [4.78, 5) is 13.0. The highest BCUT2D eigenvalue weighted by atomic mass is 32.1. The van der Waals surface area contributed by atoms with Gasteiger partial charge in [-0.05, 0) is 33.6 Å². The van der Waals surface area contributed by atoms with Gasteiger partial charge in [0, 0.05) is 31.1 Å². The number of guanidine groups is 1. The van der Waals surface area contributed by atoms with Gasteiger partial charge in [-0.25, -0.2) is 9.98 Å². The van der Waals surface area contributed by atoms with E-state index in [2.05, 4.69) is 36.0 Å². The van der Waals surface area contributed by atoms with E-state index in [0.29, 0.717) is 6.54 Å². The molecule has 3 rings (SSSR count). The van der Waals surface area contributed by atoms with Crippen LogP contribution in [0.15, 0.2) is 4.99 Å². The molecule has 1 aromatic heterocycles. The van der Waals surface area contributed by atoms with Gasteiger partial charge in [0.15, 0.2) is 5.96 Å². The first-order valence-electron chi connectivity index (χ1n) is 8.86. The lowest BCUT2D eigenvalue weighted by Crippen LogP contribution is -2.53. The molecule has 134 valence electrons. The zero-order chi connectivity index (χ0) is 16.9. The summed E-state index contributed by atoms with van der Waals surface area (Å²) in [6.45, 7) is 11.0. The zero-order valence-electron chi connectivity index (χ0n) is 14.9. The van der Waals surface area contributed by atoms with Crippen LogP contribution in [0, 0.1) is 13.8 Å². The number of hydrogen-bond donors (Lipinski definition) is 1. The van der Waals surface area contributed by atoms with Gasteiger partial charge in [-0.2, -0.15) is 0 Å². The number of nitrogens with one attached hydrogen (secondary N) is 1. The number of nitrogens with zero attached hydrogens (tertiary/aromatic N) is 3. The molecule has 2 saturated heterocycles. The van der Waals surface area contributed by atoms with E-state index in [0.717, 1.165) is 62.4 Å². The minimum atomic E-state index is 0.148. The normalized spacial score (nSPS) is 25.3. The fourth-order valence-corrected chi connectivity index (χ4v) is 4.02. The Bertz CT molecular complexity index is 549. The van der Waals surface area contributed by atoms with Crippen molar-refractivity contribution in [1.82, 2.24) is 15.2 Å². The van der Waals surface area contributed by atoms with E-state index in [1.807, 2.05) is 0 Å². The van der Waals surface area contributed by atoms with E-state index in [1.54, 1.807) is 11.3 Å². The van der Waals surface area contributed by atoms with Crippen LogP contribution in [0.2, 0.25) is 0 Å². The van der Waals surface area contributed by atoms with E-state index in [1.165, 1.54) is 4.88 Å². The summed E-state index contributed by atoms with van der Waals surface area (Å²) >= 11 is 1.73. The first-order chi connectivity index (χ1) is 11.7. The molecule has 2 aliphatic rings. The summed E-state index contributed by atoms with van der Waals surface area (Å²) in [6, 6.07) is 0. The number of hydrogen-bond acceptors (Lipinski definition) is 5. The fourth-order valence-electron chi connectivity index (χ4n) is 3.16. The number of aromatic nitrogens is 1. The molecule has 1 N–H and O–H groups in total. The summed E-state index contributed by atoms with van der Waals surface area (Å²) < 4.78 is 11.7. The van der Waals surface area contributed by atoms with Crippen molar-refractivity contribution in [3.05, 3.63) is 15.6 Å². The molecule has 6 nitrogen and oxygen atoms in total. The maximum Gasteiger partial charge on any atom is 0.194 e. The van der Waals surface area contributed by atoms with Crippen molar-refractivity contribution in [2.45, 2.75) is 52.4 Å². The summed E-state index contributed by atoms with van der Waals surface area (Å²) in [5.74, 6) is 0.953. The number of morpholine rings is 1. The van der Waals surface area contributed by atoms with Gasteiger partial charge in [0.2, 0.25) is 0 Å².